The van der Waals surface area contributed by atoms with Gasteiger partial charge in [-0.1, -0.05) is 35.9 Å². The zero-order valence-electron chi connectivity index (χ0n) is 28.8. The van der Waals surface area contributed by atoms with E-state index in [-0.39, 0.29) is 5.97 Å². The van der Waals surface area contributed by atoms with Gasteiger partial charge in [0.15, 0.2) is 0 Å². The van der Waals surface area contributed by atoms with Gasteiger partial charge in [-0.15, -0.1) is 11.8 Å². The Morgan fingerprint density at radius 2 is 1.86 bits per heavy atom. The monoisotopic (exact) mass is 696 g/mol. The highest BCUT2D eigenvalue weighted by Crippen LogP contribution is 2.43. The number of hydrogen-bond donors (Lipinski definition) is 0. The molecule has 0 aliphatic carbocycles. The van der Waals surface area contributed by atoms with Crippen LogP contribution in [0.1, 0.15) is 52.2 Å². The van der Waals surface area contributed by atoms with E-state index < -0.39 is 0 Å². The number of carbonyl (C=O) groups excluding carboxylic acids is 1. The smallest absolute Gasteiger partial charge is 0.354 e. The van der Waals surface area contributed by atoms with Crippen molar-refractivity contribution in [1.82, 2.24) is 29.0 Å². The van der Waals surface area contributed by atoms with Gasteiger partial charge in [-0.25, -0.2) is 4.79 Å². The highest BCUT2D eigenvalue weighted by Gasteiger charge is 2.28. The van der Waals surface area contributed by atoms with Crippen molar-refractivity contribution in [1.29, 1.82) is 0 Å². The van der Waals surface area contributed by atoms with Crippen LogP contribution in [0.2, 0.25) is 5.02 Å². The van der Waals surface area contributed by atoms with Crippen LogP contribution in [0.15, 0.2) is 59.5 Å². The van der Waals surface area contributed by atoms with Crippen molar-refractivity contribution >= 4 is 51.0 Å². The zero-order valence-corrected chi connectivity index (χ0v) is 30.4. The first-order valence-corrected chi connectivity index (χ1v) is 18.0. The van der Waals surface area contributed by atoms with Gasteiger partial charge in [-0.05, 0) is 75.5 Å². The van der Waals surface area contributed by atoms with E-state index in [1.807, 2.05) is 36.9 Å². The highest BCUT2D eigenvalue weighted by molar-refractivity contribution is 7.98. The largest absolute Gasteiger partial charge is 0.493 e. The third-order valence-corrected chi connectivity index (χ3v) is 10.8. The molecule has 8 bridgehead atoms. The maximum atomic E-state index is 13.4. The van der Waals surface area contributed by atoms with E-state index in [1.165, 1.54) is 12.8 Å². The van der Waals surface area contributed by atoms with Crippen LogP contribution in [0.4, 0.5) is 0 Å². The van der Waals surface area contributed by atoms with Crippen molar-refractivity contribution in [2.24, 2.45) is 7.05 Å². The van der Waals surface area contributed by atoms with Crippen LogP contribution < -0.4 is 4.74 Å². The molecule has 9 nitrogen and oxygen atoms in total. The summed E-state index contributed by atoms with van der Waals surface area (Å²) in [7, 11) is 5.49. The molecule has 254 valence electrons. The molecule has 3 aromatic carbocycles. The first kappa shape index (κ1) is 33.3. The van der Waals surface area contributed by atoms with Crippen LogP contribution in [-0.2, 0) is 43.7 Å². The Morgan fingerprint density at radius 3 is 2.65 bits per heavy atom. The molecule has 0 radical (unpaired) electrons. The summed E-state index contributed by atoms with van der Waals surface area (Å²) in [5.74, 6) is 1.27. The number of methoxy groups -OCH3 is 1. The van der Waals surface area contributed by atoms with Crippen LogP contribution in [-0.4, -0.2) is 55.8 Å². The Morgan fingerprint density at radius 1 is 1.04 bits per heavy atom. The summed E-state index contributed by atoms with van der Waals surface area (Å²) < 4.78 is 17.9. The molecular formula is C38H41ClN6O3S. The predicted octanol–water partition coefficient (Wildman–Crippen LogP) is 8.18. The fourth-order valence-electron chi connectivity index (χ4n) is 7.15. The lowest BCUT2D eigenvalue weighted by Crippen LogP contribution is -2.18. The molecule has 0 unspecified atom stereocenters. The third-order valence-electron chi connectivity index (χ3n) is 9.49. The molecule has 0 atom stereocenters. The summed E-state index contributed by atoms with van der Waals surface area (Å²) in [6, 6.07) is 18.9. The van der Waals surface area contributed by atoms with Crippen LogP contribution in [0.3, 0.4) is 0 Å². The lowest BCUT2D eigenvalue weighted by molar-refractivity contribution is 0.0587. The molecule has 0 fully saturated rings. The van der Waals surface area contributed by atoms with Gasteiger partial charge in [0.05, 0.1) is 25.1 Å². The average Bonchev–Trinajstić information content (AvgIpc) is 3.71. The lowest BCUT2D eigenvalue weighted by Gasteiger charge is -2.16. The SMILES string of the molecule is CCn1nc2cc1CSc1cc(c3ccccc3c1)OCCCn1c(C(=O)OC)c(C)c3c(c(Cl)ccc31)-c1c(nn(C)c1C)CN(C)C2. The number of ether oxygens (including phenoxy) is 2. The molecule has 3 aromatic heterocycles. The molecule has 0 amide bonds. The van der Waals surface area contributed by atoms with Crippen LogP contribution in [0.5, 0.6) is 5.75 Å². The average molecular weight is 697 g/mol. The molecule has 6 aromatic rings. The number of aryl methyl sites for hydroxylation is 4. The maximum Gasteiger partial charge on any atom is 0.354 e. The number of thioether (sulfide) groups is 1. The second-order valence-corrected chi connectivity index (χ2v) is 14.2. The fraction of sp³-hybridized carbons (Fsp3) is 0.342. The number of esters is 1. The van der Waals surface area contributed by atoms with Crippen LogP contribution in [0, 0.1) is 13.8 Å². The second kappa shape index (κ2) is 13.6. The molecule has 1 aliphatic rings. The van der Waals surface area contributed by atoms with E-state index in [9.17, 15) is 4.79 Å². The molecular weight excluding hydrogens is 656 g/mol. The first-order valence-electron chi connectivity index (χ1n) is 16.6. The zero-order chi connectivity index (χ0) is 34.4. The normalized spacial score (nSPS) is 14.5. The fourth-order valence-corrected chi connectivity index (χ4v) is 8.35. The molecule has 4 heterocycles. The quantitative estimate of drug-likeness (QED) is 0.169. The standard InChI is InChI=1S/C38H41ClN6O3S/c1-7-45-27-18-26(40-45)20-42(4)21-31-35(24(3)43(5)41-31)36-30(39)13-14-32-34(36)23(2)37(38(46)47-6)44(32)15-10-16-48-33-19-28(49-22-27)17-25-11-8-9-12-29(25)33/h8-9,11-14,17-19H,7,10,15-16,20-22H2,1-6H3. The minimum absolute atomic E-state index is 0.379. The van der Waals surface area contributed by atoms with Gasteiger partial charge in [-0.3, -0.25) is 14.3 Å². The van der Waals surface area contributed by atoms with Gasteiger partial charge in [0, 0.05) is 87.7 Å². The van der Waals surface area contributed by atoms with Gasteiger partial charge in [0.2, 0.25) is 0 Å². The van der Waals surface area contributed by atoms with Crippen molar-refractivity contribution in [2.45, 2.75) is 64.0 Å². The van der Waals surface area contributed by atoms with Gasteiger partial charge in [0.25, 0.3) is 0 Å². The predicted molar refractivity (Wildman–Crippen MR) is 197 cm³/mol. The maximum absolute atomic E-state index is 13.4. The van der Waals surface area contributed by atoms with Crippen molar-refractivity contribution in [2.75, 3.05) is 20.8 Å². The Kier molecular flexibility index (Phi) is 9.21. The summed E-state index contributed by atoms with van der Waals surface area (Å²) in [4.78, 5) is 16.8. The number of rotatable bonds is 2. The highest BCUT2D eigenvalue weighted by atomic mass is 35.5. The molecule has 1 aliphatic heterocycles. The van der Waals surface area contributed by atoms with Gasteiger partial charge < -0.3 is 14.0 Å². The molecule has 0 saturated heterocycles. The van der Waals surface area contributed by atoms with Crippen molar-refractivity contribution in [3.8, 4) is 16.9 Å². The van der Waals surface area contributed by atoms with Crippen LogP contribution in [0.25, 0.3) is 32.8 Å². The topological polar surface area (TPSA) is 79.3 Å². The number of benzene rings is 3. The summed E-state index contributed by atoms with van der Waals surface area (Å²) >= 11 is 8.88. The van der Waals surface area contributed by atoms with E-state index in [0.717, 1.165) is 78.4 Å². The molecule has 49 heavy (non-hydrogen) atoms. The minimum Gasteiger partial charge on any atom is -0.493 e. The van der Waals surface area contributed by atoms with Gasteiger partial charge >= 0.3 is 5.97 Å². The number of fused-ring (bicyclic) bond motifs is 8. The van der Waals surface area contributed by atoms with Crippen LogP contribution >= 0.6 is 23.4 Å². The number of halogens is 1. The second-order valence-electron chi connectivity index (χ2n) is 12.7. The molecule has 0 saturated carbocycles. The van der Waals surface area contributed by atoms with Gasteiger partial charge in [-0.2, -0.15) is 10.2 Å². The van der Waals surface area contributed by atoms with E-state index >= 15 is 0 Å². The van der Waals surface area contributed by atoms with E-state index in [4.69, 9.17) is 31.3 Å². The van der Waals surface area contributed by atoms with Crippen molar-refractivity contribution < 1.29 is 14.3 Å². The number of aromatic nitrogens is 5. The Hall–Kier alpha value is -4.25. The van der Waals surface area contributed by atoms with Crippen molar-refractivity contribution in [3.63, 3.8) is 0 Å². The van der Waals surface area contributed by atoms with Gasteiger partial charge in [0.1, 0.15) is 11.4 Å². The summed E-state index contributed by atoms with van der Waals surface area (Å²) in [6.45, 7) is 9.27. The first-order chi connectivity index (χ1) is 23.7. The Balaban J connectivity index is 1.39. The lowest BCUT2D eigenvalue weighted by atomic mass is 9.96. The van der Waals surface area contributed by atoms with E-state index in [1.54, 1.807) is 11.8 Å². The Bertz CT molecular complexity index is 2220. The molecule has 7 rings (SSSR count). The van der Waals surface area contributed by atoms with E-state index in [2.05, 4.69) is 71.4 Å². The van der Waals surface area contributed by atoms with E-state index in [0.29, 0.717) is 43.4 Å². The van der Waals surface area contributed by atoms with Crippen molar-refractivity contribution in [3.05, 3.63) is 93.7 Å². The number of carbonyl (C=O) groups is 1. The Labute approximate surface area is 295 Å². The number of nitrogens with zero attached hydrogens (tertiary/aromatic N) is 6. The number of hydrogen-bond acceptors (Lipinski definition) is 7. The minimum atomic E-state index is -0.379. The molecule has 0 N–H and O–H groups in total. The summed E-state index contributed by atoms with van der Waals surface area (Å²) in [5, 5.41) is 13.7. The third kappa shape index (κ3) is 6.11. The molecule has 11 heteroatoms. The summed E-state index contributed by atoms with van der Waals surface area (Å²) in [5.41, 5.74) is 8.26. The molecule has 0 spiro atoms. The summed E-state index contributed by atoms with van der Waals surface area (Å²) in [6.07, 6.45) is 0.678.